The zero-order chi connectivity index (χ0) is 12.4. The van der Waals surface area contributed by atoms with Crippen molar-refractivity contribution in [2.24, 2.45) is 0 Å². The molecule has 17 heavy (non-hydrogen) atoms. The Bertz CT molecular complexity index is 437. The Morgan fingerprint density at radius 2 is 2.24 bits per heavy atom. The second kappa shape index (κ2) is 4.89. The summed E-state index contributed by atoms with van der Waals surface area (Å²) in [6.45, 7) is 0. The number of nitro benzene ring substituents is 1. The van der Waals surface area contributed by atoms with E-state index in [1.54, 1.807) is 0 Å². The predicted molar refractivity (Wildman–Crippen MR) is 62.4 cm³/mol. The van der Waals surface area contributed by atoms with Crippen LogP contribution in [0.2, 0.25) is 5.02 Å². The normalized spacial score (nSPS) is 23.6. The van der Waals surface area contributed by atoms with Crippen molar-refractivity contribution in [2.45, 2.75) is 31.5 Å². The average molecular weight is 258 g/mol. The maximum absolute atomic E-state index is 10.5. The van der Waals surface area contributed by atoms with Gasteiger partial charge in [0.25, 0.3) is 5.69 Å². The fraction of sp³-hybridized carbons (Fsp3) is 0.455. The molecular weight excluding hydrogens is 246 g/mol. The highest BCUT2D eigenvalue weighted by Crippen LogP contribution is 2.32. The zero-order valence-corrected chi connectivity index (χ0v) is 9.76. The molecule has 0 amide bonds. The third-order valence-electron chi connectivity index (χ3n) is 2.82. The van der Waals surface area contributed by atoms with Crippen LogP contribution in [-0.4, -0.2) is 22.2 Å². The summed E-state index contributed by atoms with van der Waals surface area (Å²) >= 11 is 5.89. The highest BCUT2D eigenvalue weighted by molar-refractivity contribution is 6.32. The number of hydrogen-bond acceptors (Lipinski definition) is 4. The molecule has 92 valence electrons. The van der Waals surface area contributed by atoms with Crippen LogP contribution in [0.5, 0.6) is 5.75 Å². The lowest BCUT2D eigenvalue weighted by atomic mass is 10.2. The summed E-state index contributed by atoms with van der Waals surface area (Å²) < 4.78 is 5.55. The highest BCUT2D eigenvalue weighted by atomic mass is 35.5. The Morgan fingerprint density at radius 3 is 2.76 bits per heavy atom. The molecule has 0 heterocycles. The molecular formula is C11H12ClNO4. The van der Waals surface area contributed by atoms with Gasteiger partial charge in [0, 0.05) is 12.1 Å². The lowest BCUT2D eigenvalue weighted by Crippen LogP contribution is -2.25. The first-order valence-electron chi connectivity index (χ1n) is 5.36. The number of nitrogens with zero attached hydrogens (tertiary/aromatic N) is 1. The molecule has 0 bridgehead atoms. The molecule has 2 unspecified atom stereocenters. The minimum Gasteiger partial charge on any atom is -0.486 e. The number of benzene rings is 1. The van der Waals surface area contributed by atoms with Gasteiger partial charge in [0.05, 0.1) is 16.0 Å². The van der Waals surface area contributed by atoms with E-state index in [0.717, 1.165) is 19.3 Å². The second-order valence-electron chi connectivity index (χ2n) is 4.03. The summed E-state index contributed by atoms with van der Waals surface area (Å²) in [6.07, 6.45) is 1.65. The third kappa shape index (κ3) is 2.68. The van der Waals surface area contributed by atoms with Gasteiger partial charge in [-0.1, -0.05) is 11.6 Å². The molecule has 0 spiro atoms. The van der Waals surface area contributed by atoms with Crippen molar-refractivity contribution in [2.75, 3.05) is 0 Å². The van der Waals surface area contributed by atoms with Crippen LogP contribution >= 0.6 is 11.6 Å². The summed E-state index contributed by atoms with van der Waals surface area (Å²) in [6, 6.07) is 4.05. The lowest BCUT2D eigenvalue weighted by molar-refractivity contribution is -0.384. The van der Waals surface area contributed by atoms with E-state index in [-0.39, 0.29) is 16.8 Å². The molecule has 1 aliphatic rings. The van der Waals surface area contributed by atoms with Gasteiger partial charge < -0.3 is 9.84 Å². The molecule has 1 aliphatic carbocycles. The van der Waals surface area contributed by atoms with Crippen molar-refractivity contribution in [3.8, 4) is 5.75 Å². The van der Waals surface area contributed by atoms with Crippen molar-refractivity contribution in [3.63, 3.8) is 0 Å². The molecule has 6 heteroatoms. The Balaban J connectivity index is 2.14. The van der Waals surface area contributed by atoms with E-state index in [9.17, 15) is 15.2 Å². The highest BCUT2D eigenvalue weighted by Gasteiger charge is 2.27. The third-order valence-corrected chi connectivity index (χ3v) is 3.12. The van der Waals surface area contributed by atoms with Gasteiger partial charge in [-0.05, 0) is 25.3 Å². The molecule has 1 aromatic carbocycles. The van der Waals surface area contributed by atoms with Crippen LogP contribution in [0.1, 0.15) is 19.3 Å². The first-order chi connectivity index (χ1) is 8.08. The maximum atomic E-state index is 10.5. The number of aliphatic hydroxyl groups is 1. The number of rotatable bonds is 3. The molecule has 0 radical (unpaired) electrons. The first kappa shape index (κ1) is 12.1. The number of aliphatic hydroxyl groups excluding tert-OH is 1. The number of non-ortho nitro benzene ring substituents is 1. The quantitative estimate of drug-likeness (QED) is 0.667. The molecule has 1 fully saturated rings. The van der Waals surface area contributed by atoms with Gasteiger partial charge in [0.1, 0.15) is 11.9 Å². The summed E-state index contributed by atoms with van der Waals surface area (Å²) in [5, 5.41) is 20.3. The summed E-state index contributed by atoms with van der Waals surface area (Å²) in [4.78, 5) is 10.0. The van der Waals surface area contributed by atoms with Crippen molar-refractivity contribution in [3.05, 3.63) is 33.3 Å². The number of nitro groups is 1. The van der Waals surface area contributed by atoms with Gasteiger partial charge >= 0.3 is 0 Å². The van der Waals surface area contributed by atoms with Gasteiger partial charge in [-0.3, -0.25) is 10.1 Å². The van der Waals surface area contributed by atoms with Crippen LogP contribution in [-0.2, 0) is 0 Å². The van der Waals surface area contributed by atoms with Crippen LogP contribution in [0.3, 0.4) is 0 Å². The monoisotopic (exact) mass is 257 g/mol. The van der Waals surface area contributed by atoms with Gasteiger partial charge in [-0.2, -0.15) is 0 Å². The predicted octanol–water partition coefficient (Wildman–Crippen LogP) is 2.54. The smallest absolute Gasteiger partial charge is 0.271 e. The first-order valence-corrected chi connectivity index (χ1v) is 5.74. The van der Waals surface area contributed by atoms with E-state index < -0.39 is 11.0 Å². The Hall–Kier alpha value is -1.33. The minimum atomic E-state index is -0.514. The largest absolute Gasteiger partial charge is 0.486 e. The van der Waals surface area contributed by atoms with E-state index in [0.29, 0.717) is 5.75 Å². The summed E-state index contributed by atoms with van der Waals surface area (Å²) in [5.74, 6) is 0.378. The van der Waals surface area contributed by atoms with Gasteiger partial charge in [0.15, 0.2) is 0 Å². The summed E-state index contributed by atoms with van der Waals surface area (Å²) in [5.41, 5.74) is -0.0747. The molecule has 1 saturated carbocycles. The van der Waals surface area contributed by atoms with Gasteiger partial charge in [-0.15, -0.1) is 0 Å². The molecule has 0 aliphatic heterocycles. The van der Waals surface area contributed by atoms with E-state index in [2.05, 4.69) is 0 Å². The number of ether oxygens (including phenoxy) is 1. The van der Waals surface area contributed by atoms with Crippen LogP contribution < -0.4 is 4.74 Å². The van der Waals surface area contributed by atoms with Crippen LogP contribution in [0.4, 0.5) is 5.69 Å². The summed E-state index contributed by atoms with van der Waals surface area (Å²) in [7, 11) is 0. The molecule has 0 saturated heterocycles. The van der Waals surface area contributed by atoms with Crippen molar-refractivity contribution in [1.82, 2.24) is 0 Å². The fourth-order valence-electron chi connectivity index (χ4n) is 1.91. The SMILES string of the molecule is O=[N+]([O-])c1ccc(OC2CCCC2O)c(Cl)c1. The van der Waals surface area contributed by atoms with Gasteiger partial charge in [-0.25, -0.2) is 0 Å². The van der Waals surface area contributed by atoms with Crippen LogP contribution in [0.25, 0.3) is 0 Å². The number of halogens is 1. The Morgan fingerprint density at radius 1 is 1.47 bits per heavy atom. The van der Waals surface area contributed by atoms with Gasteiger partial charge in [0.2, 0.25) is 0 Å². The zero-order valence-electron chi connectivity index (χ0n) is 9.01. The molecule has 1 N–H and O–H groups in total. The van der Waals surface area contributed by atoms with Crippen LogP contribution in [0.15, 0.2) is 18.2 Å². The van der Waals surface area contributed by atoms with E-state index >= 15 is 0 Å². The molecule has 5 nitrogen and oxygen atoms in total. The topological polar surface area (TPSA) is 72.6 Å². The van der Waals surface area contributed by atoms with E-state index in [4.69, 9.17) is 16.3 Å². The van der Waals surface area contributed by atoms with Crippen molar-refractivity contribution < 1.29 is 14.8 Å². The molecule has 2 rings (SSSR count). The molecule has 0 aromatic heterocycles. The maximum Gasteiger partial charge on any atom is 0.271 e. The Kier molecular flexibility index (Phi) is 3.49. The van der Waals surface area contributed by atoms with Crippen LogP contribution in [0, 0.1) is 10.1 Å². The Labute approximate surface area is 103 Å². The fourth-order valence-corrected chi connectivity index (χ4v) is 2.13. The second-order valence-corrected chi connectivity index (χ2v) is 4.43. The van der Waals surface area contributed by atoms with E-state index in [1.807, 2.05) is 0 Å². The number of hydrogen-bond donors (Lipinski definition) is 1. The lowest BCUT2D eigenvalue weighted by Gasteiger charge is -2.17. The molecule has 2 atom stereocenters. The van der Waals surface area contributed by atoms with E-state index in [1.165, 1.54) is 18.2 Å². The standard InChI is InChI=1S/C11H12ClNO4/c12-8-6-7(13(15)16)4-5-10(8)17-11-3-1-2-9(11)14/h4-6,9,11,14H,1-3H2. The minimum absolute atomic E-state index is 0.0747. The molecule has 1 aromatic rings. The average Bonchev–Trinajstić information content (AvgIpc) is 2.67. The van der Waals surface area contributed by atoms with Crippen molar-refractivity contribution in [1.29, 1.82) is 0 Å². The van der Waals surface area contributed by atoms with Crippen molar-refractivity contribution >= 4 is 17.3 Å².